The number of thiazole rings is 1. The molecule has 0 aromatic carbocycles. The minimum absolute atomic E-state index is 0.139. The summed E-state index contributed by atoms with van der Waals surface area (Å²) in [6, 6.07) is 0. The van der Waals surface area contributed by atoms with Gasteiger partial charge in [-0.25, -0.2) is 4.98 Å². The van der Waals surface area contributed by atoms with Gasteiger partial charge >= 0.3 is 5.97 Å². The highest BCUT2D eigenvalue weighted by Gasteiger charge is 2.52. The number of methoxy groups -OCH3 is 1. The van der Waals surface area contributed by atoms with Crippen molar-refractivity contribution in [3.63, 3.8) is 0 Å². The zero-order valence-electron chi connectivity index (χ0n) is 12.6. The summed E-state index contributed by atoms with van der Waals surface area (Å²) in [5, 5.41) is 3.53. The minimum atomic E-state index is -0.139. The predicted octanol–water partition coefficient (Wildman–Crippen LogP) is 3.72. The van der Waals surface area contributed by atoms with E-state index >= 15 is 0 Å². The second-order valence-corrected chi connectivity index (χ2v) is 8.28. The molecule has 21 heavy (non-hydrogen) atoms. The second kappa shape index (κ2) is 5.08. The molecule has 0 N–H and O–H groups in total. The molecular weight excluding hydrogens is 282 g/mol. The summed E-state index contributed by atoms with van der Waals surface area (Å²) in [6.07, 6.45) is 9.67. The van der Waals surface area contributed by atoms with Crippen LogP contribution in [0.25, 0.3) is 0 Å². The highest BCUT2D eigenvalue weighted by Crippen LogP contribution is 2.61. The van der Waals surface area contributed by atoms with Crippen molar-refractivity contribution in [2.24, 2.45) is 17.8 Å². The van der Waals surface area contributed by atoms with Crippen LogP contribution >= 0.6 is 11.3 Å². The van der Waals surface area contributed by atoms with Crippen molar-refractivity contribution in [2.45, 2.75) is 56.8 Å². The maximum Gasteiger partial charge on any atom is 0.305 e. The van der Waals surface area contributed by atoms with Crippen LogP contribution in [0.15, 0.2) is 5.38 Å². The van der Waals surface area contributed by atoms with E-state index in [1.807, 2.05) is 11.3 Å². The Morgan fingerprint density at radius 1 is 1.29 bits per heavy atom. The molecule has 4 aliphatic carbocycles. The quantitative estimate of drug-likeness (QED) is 0.796. The molecule has 3 nitrogen and oxygen atoms in total. The van der Waals surface area contributed by atoms with Crippen molar-refractivity contribution < 1.29 is 9.53 Å². The Bertz CT molecular complexity index is 515. The average Bonchev–Trinajstić information content (AvgIpc) is 2.93. The van der Waals surface area contributed by atoms with Crippen molar-refractivity contribution in [2.75, 3.05) is 7.11 Å². The van der Waals surface area contributed by atoms with Gasteiger partial charge in [-0.1, -0.05) is 0 Å². The largest absolute Gasteiger partial charge is 0.469 e. The van der Waals surface area contributed by atoms with Gasteiger partial charge in [0.1, 0.15) is 0 Å². The molecule has 4 heteroatoms. The summed E-state index contributed by atoms with van der Waals surface area (Å²) in [6.45, 7) is 0. The van der Waals surface area contributed by atoms with Crippen molar-refractivity contribution in [1.82, 2.24) is 4.98 Å². The highest BCUT2D eigenvalue weighted by atomic mass is 32.1. The lowest BCUT2D eigenvalue weighted by molar-refractivity contribution is -0.140. The average molecular weight is 305 g/mol. The Morgan fingerprint density at radius 2 is 1.90 bits per heavy atom. The lowest BCUT2D eigenvalue weighted by Gasteiger charge is -2.56. The first-order valence-electron chi connectivity index (χ1n) is 8.18. The lowest BCUT2D eigenvalue weighted by atomic mass is 9.50. The normalized spacial score (nSPS) is 36.9. The number of carbonyl (C=O) groups excluding carboxylic acids is 1. The van der Waals surface area contributed by atoms with Gasteiger partial charge in [0.25, 0.3) is 0 Å². The molecule has 0 saturated heterocycles. The van der Waals surface area contributed by atoms with Gasteiger partial charge in [-0.2, -0.15) is 0 Å². The van der Waals surface area contributed by atoms with Crippen LogP contribution in [0.2, 0.25) is 0 Å². The van der Waals surface area contributed by atoms with Crippen LogP contribution in [-0.2, 0) is 21.4 Å². The highest BCUT2D eigenvalue weighted by molar-refractivity contribution is 7.09. The molecule has 5 rings (SSSR count). The van der Waals surface area contributed by atoms with Crippen LogP contribution < -0.4 is 0 Å². The smallest absolute Gasteiger partial charge is 0.305 e. The molecule has 4 bridgehead atoms. The van der Waals surface area contributed by atoms with Gasteiger partial charge in [-0.3, -0.25) is 4.79 Å². The molecule has 4 saturated carbocycles. The summed E-state index contributed by atoms with van der Waals surface area (Å²) in [7, 11) is 1.45. The third-order valence-electron chi connectivity index (χ3n) is 5.86. The third kappa shape index (κ3) is 2.41. The number of aryl methyl sites for hydroxylation is 1. The Balaban J connectivity index is 1.51. The Morgan fingerprint density at radius 3 is 2.48 bits per heavy atom. The van der Waals surface area contributed by atoms with Crippen molar-refractivity contribution >= 4 is 17.3 Å². The SMILES string of the molecule is COC(=O)CCc1csc(C23CC4CC(CC(C4)C2)C3)n1. The van der Waals surface area contributed by atoms with Gasteiger partial charge < -0.3 is 4.74 Å². The van der Waals surface area contributed by atoms with Gasteiger partial charge in [-0.15, -0.1) is 11.3 Å². The van der Waals surface area contributed by atoms with Crippen molar-refractivity contribution in [3.8, 4) is 0 Å². The maximum atomic E-state index is 11.3. The van der Waals surface area contributed by atoms with E-state index in [1.54, 1.807) is 0 Å². The van der Waals surface area contributed by atoms with E-state index in [4.69, 9.17) is 9.72 Å². The first-order chi connectivity index (χ1) is 10.2. The topological polar surface area (TPSA) is 39.2 Å². The van der Waals surface area contributed by atoms with E-state index in [-0.39, 0.29) is 5.97 Å². The van der Waals surface area contributed by atoms with Crippen molar-refractivity contribution in [1.29, 1.82) is 0 Å². The standard InChI is InChI=1S/C17H23NO2S/c1-20-15(19)3-2-14-10-21-16(18-14)17-7-11-4-12(8-17)6-13(5-11)9-17/h10-13H,2-9H2,1H3. The Labute approximate surface area is 130 Å². The van der Waals surface area contributed by atoms with E-state index in [9.17, 15) is 4.79 Å². The number of carbonyl (C=O) groups is 1. The summed E-state index contributed by atoms with van der Waals surface area (Å²) in [4.78, 5) is 16.2. The molecule has 0 amide bonds. The molecule has 1 heterocycles. The molecule has 4 aliphatic rings. The van der Waals surface area contributed by atoms with E-state index in [0.29, 0.717) is 11.8 Å². The number of ether oxygens (including phenoxy) is 1. The minimum Gasteiger partial charge on any atom is -0.469 e. The molecular formula is C17H23NO2S. The van der Waals surface area contributed by atoms with Crippen LogP contribution in [0.4, 0.5) is 0 Å². The number of hydrogen-bond donors (Lipinski definition) is 0. The molecule has 0 spiro atoms. The first kappa shape index (κ1) is 13.7. The third-order valence-corrected chi connectivity index (χ3v) is 6.99. The van der Waals surface area contributed by atoms with Crippen LogP contribution in [0.5, 0.6) is 0 Å². The predicted molar refractivity (Wildman–Crippen MR) is 82.3 cm³/mol. The summed E-state index contributed by atoms with van der Waals surface area (Å²) in [5.74, 6) is 2.73. The lowest BCUT2D eigenvalue weighted by Crippen LogP contribution is -2.48. The molecule has 0 atom stereocenters. The molecule has 1 aromatic rings. The fraction of sp³-hybridized carbons (Fsp3) is 0.765. The Kier molecular flexibility index (Phi) is 3.32. The monoisotopic (exact) mass is 305 g/mol. The van der Waals surface area contributed by atoms with E-state index in [1.165, 1.54) is 50.6 Å². The van der Waals surface area contributed by atoms with E-state index in [0.717, 1.165) is 29.9 Å². The van der Waals surface area contributed by atoms with Crippen LogP contribution in [0.3, 0.4) is 0 Å². The maximum absolute atomic E-state index is 11.3. The van der Waals surface area contributed by atoms with Gasteiger partial charge in [-0.05, 0) is 56.3 Å². The fourth-order valence-corrected chi connectivity index (χ4v) is 6.46. The fourth-order valence-electron chi connectivity index (χ4n) is 5.37. The van der Waals surface area contributed by atoms with Gasteiger partial charge in [0.2, 0.25) is 0 Å². The van der Waals surface area contributed by atoms with Crippen LogP contribution in [0.1, 0.15) is 55.6 Å². The number of nitrogens with zero attached hydrogens (tertiary/aromatic N) is 1. The molecule has 0 unspecified atom stereocenters. The number of aromatic nitrogens is 1. The number of hydrogen-bond acceptors (Lipinski definition) is 4. The summed E-state index contributed by atoms with van der Waals surface area (Å²) < 4.78 is 4.72. The molecule has 0 radical (unpaired) electrons. The number of rotatable bonds is 4. The molecule has 0 aliphatic heterocycles. The zero-order chi connectivity index (χ0) is 14.4. The van der Waals surface area contributed by atoms with E-state index < -0.39 is 0 Å². The number of esters is 1. The summed E-state index contributed by atoms with van der Waals surface area (Å²) >= 11 is 1.83. The Hall–Kier alpha value is -0.900. The van der Waals surface area contributed by atoms with Gasteiger partial charge in [0.05, 0.1) is 24.2 Å². The van der Waals surface area contributed by atoms with Crippen LogP contribution in [0, 0.1) is 17.8 Å². The van der Waals surface area contributed by atoms with Gasteiger partial charge in [0.15, 0.2) is 0 Å². The zero-order valence-corrected chi connectivity index (χ0v) is 13.5. The molecule has 114 valence electrons. The second-order valence-electron chi connectivity index (χ2n) is 7.42. The van der Waals surface area contributed by atoms with Crippen molar-refractivity contribution in [3.05, 3.63) is 16.1 Å². The van der Waals surface area contributed by atoms with E-state index in [2.05, 4.69) is 5.38 Å². The van der Waals surface area contributed by atoms with Crippen LogP contribution in [-0.4, -0.2) is 18.1 Å². The first-order valence-corrected chi connectivity index (χ1v) is 9.06. The molecule has 4 fully saturated rings. The molecule has 1 aromatic heterocycles. The summed E-state index contributed by atoms with van der Waals surface area (Å²) in [5.41, 5.74) is 1.47. The van der Waals surface area contributed by atoms with Gasteiger partial charge in [0, 0.05) is 17.2 Å².